The van der Waals surface area contributed by atoms with E-state index in [9.17, 15) is 9.59 Å². The van der Waals surface area contributed by atoms with Gasteiger partial charge in [-0.05, 0) is 38.8 Å². The molecule has 2 amide bonds. The maximum atomic E-state index is 12.3. The maximum Gasteiger partial charge on any atom is 0.234 e. The zero-order valence-electron chi connectivity index (χ0n) is 15.7. The van der Waals surface area contributed by atoms with Crippen LogP contribution >= 0.6 is 0 Å². The number of hydrogen-bond donors (Lipinski definition) is 2. The van der Waals surface area contributed by atoms with E-state index in [2.05, 4.69) is 34.9 Å². The van der Waals surface area contributed by atoms with Gasteiger partial charge in [0.05, 0.1) is 13.1 Å². The zero-order valence-corrected chi connectivity index (χ0v) is 15.7. The van der Waals surface area contributed by atoms with Crippen LogP contribution in [0.3, 0.4) is 0 Å². The second-order valence-corrected chi connectivity index (χ2v) is 7.30. The summed E-state index contributed by atoms with van der Waals surface area (Å²) in [7, 11) is 0. The van der Waals surface area contributed by atoms with Crippen LogP contribution in [0.2, 0.25) is 0 Å². The van der Waals surface area contributed by atoms with E-state index in [0.29, 0.717) is 13.1 Å². The van der Waals surface area contributed by atoms with E-state index in [1.54, 1.807) is 0 Å². The van der Waals surface area contributed by atoms with Gasteiger partial charge in [-0.25, -0.2) is 0 Å². The molecule has 1 saturated carbocycles. The Labute approximate surface area is 151 Å². The fraction of sp³-hybridized carbons (Fsp3) is 0.600. The zero-order chi connectivity index (χ0) is 18.3. The summed E-state index contributed by atoms with van der Waals surface area (Å²) in [6.07, 6.45) is 3.44. The van der Waals surface area contributed by atoms with Crippen molar-refractivity contribution in [1.29, 1.82) is 0 Å². The lowest BCUT2D eigenvalue weighted by atomic mass is 9.64. The summed E-state index contributed by atoms with van der Waals surface area (Å²) in [6, 6.07) is 10.6. The second-order valence-electron chi connectivity index (χ2n) is 7.30. The fourth-order valence-corrected chi connectivity index (χ4v) is 3.34. The molecule has 0 atom stereocenters. The summed E-state index contributed by atoms with van der Waals surface area (Å²) in [5.74, 6) is -0.0502. The molecule has 0 unspecified atom stereocenters. The summed E-state index contributed by atoms with van der Waals surface area (Å²) >= 11 is 0. The van der Waals surface area contributed by atoms with Crippen molar-refractivity contribution in [1.82, 2.24) is 15.5 Å². The lowest BCUT2D eigenvalue weighted by Crippen LogP contribution is -2.49. The predicted molar refractivity (Wildman–Crippen MR) is 100 cm³/mol. The highest BCUT2D eigenvalue weighted by Crippen LogP contribution is 2.43. The van der Waals surface area contributed by atoms with Gasteiger partial charge in [-0.2, -0.15) is 0 Å². The second kappa shape index (κ2) is 8.99. The molecule has 1 aliphatic rings. The number of rotatable bonds is 9. The maximum absolute atomic E-state index is 12.3. The number of carbonyl (C=O) groups excluding carboxylic acids is 2. The SMILES string of the molecule is CCN(CC(=O)NCC1(c2ccccc2)CCC1)CC(=O)NC(C)C. The molecule has 138 valence electrons. The Bertz CT molecular complexity index is 568. The van der Waals surface area contributed by atoms with Crippen LogP contribution in [0.15, 0.2) is 30.3 Å². The number of nitrogens with zero attached hydrogens (tertiary/aromatic N) is 1. The average Bonchev–Trinajstić information content (AvgIpc) is 2.53. The van der Waals surface area contributed by atoms with Gasteiger partial charge in [0, 0.05) is 18.0 Å². The van der Waals surface area contributed by atoms with Crippen LogP contribution in [-0.2, 0) is 15.0 Å². The molecule has 0 saturated heterocycles. The number of likely N-dealkylation sites (N-methyl/N-ethyl adjacent to an activating group) is 1. The molecule has 1 aliphatic carbocycles. The van der Waals surface area contributed by atoms with Gasteiger partial charge < -0.3 is 10.6 Å². The summed E-state index contributed by atoms with van der Waals surface area (Å²) in [5.41, 5.74) is 1.40. The molecule has 0 aromatic heterocycles. The molecule has 1 aromatic carbocycles. The van der Waals surface area contributed by atoms with Gasteiger partial charge in [-0.3, -0.25) is 14.5 Å². The van der Waals surface area contributed by atoms with Gasteiger partial charge in [0.1, 0.15) is 0 Å². The topological polar surface area (TPSA) is 61.4 Å². The van der Waals surface area contributed by atoms with E-state index < -0.39 is 0 Å². The summed E-state index contributed by atoms with van der Waals surface area (Å²) < 4.78 is 0. The number of carbonyl (C=O) groups is 2. The van der Waals surface area contributed by atoms with Crippen LogP contribution < -0.4 is 10.6 Å². The largest absolute Gasteiger partial charge is 0.354 e. The van der Waals surface area contributed by atoms with Gasteiger partial charge in [-0.15, -0.1) is 0 Å². The van der Waals surface area contributed by atoms with Gasteiger partial charge >= 0.3 is 0 Å². The molecule has 0 heterocycles. The van der Waals surface area contributed by atoms with E-state index in [-0.39, 0.29) is 36.4 Å². The molecule has 2 rings (SSSR count). The molecule has 0 aliphatic heterocycles. The van der Waals surface area contributed by atoms with Crippen LogP contribution in [0.5, 0.6) is 0 Å². The molecule has 5 heteroatoms. The first-order valence-corrected chi connectivity index (χ1v) is 9.29. The van der Waals surface area contributed by atoms with E-state index in [4.69, 9.17) is 0 Å². The molecule has 0 bridgehead atoms. The van der Waals surface area contributed by atoms with Crippen molar-refractivity contribution in [2.75, 3.05) is 26.2 Å². The van der Waals surface area contributed by atoms with Gasteiger partial charge in [0.15, 0.2) is 0 Å². The Morgan fingerprint density at radius 3 is 2.28 bits per heavy atom. The number of hydrogen-bond acceptors (Lipinski definition) is 3. The van der Waals surface area contributed by atoms with Crippen LogP contribution in [0.25, 0.3) is 0 Å². The molecule has 0 spiro atoms. The quantitative estimate of drug-likeness (QED) is 0.720. The van der Waals surface area contributed by atoms with Crippen molar-refractivity contribution in [3.63, 3.8) is 0 Å². The van der Waals surface area contributed by atoms with Crippen LogP contribution in [-0.4, -0.2) is 48.9 Å². The summed E-state index contributed by atoms with van der Waals surface area (Å²) in [5, 5.41) is 5.95. The van der Waals surface area contributed by atoms with Crippen molar-refractivity contribution >= 4 is 11.8 Å². The van der Waals surface area contributed by atoms with Gasteiger partial charge in [0.25, 0.3) is 0 Å². The molecular formula is C20H31N3O2. The minimum Gasteiger partial charge on any atom is -0.354 e. The van der Waals surface area contributed by atoms with Crippen molar-refractivity contribution in [3.05, 3.63) is 35.9 Å². The average molecular weight is 345 g/mol. The first-order valence-electron chi connectivity index (χ1n) is 9.29. The summed E-state index contributed by atoms with van der Waals surface area (Å²) in [4.78, 5) is 26.1. The lowest BCUT2D eigenvalue weighted by molar-refractivity contribution is -0.125. The van der Waals surface area contributed by atoms with Gasteiger partial charge in [0.2, 0.25) is 11.8 Å². The van der Waals surface area contributed by atoms with Crippen molar-refractivity contribution < 1.29 is 9.59 Å². The summed E-state index contributed by atoms with van der Waals surface area (Å²) in [6.45, 7) is 7.69. The molecule has 0 radical (unpaired) electrons. The van der Waals surface area contributed by atoms with Crippen LogP contribution in [0.4, 0.5) is 0 Å². The van der Waals surface area contributed by atoms with Crippen molar-refractivity contribution in [3.8, 4) is 0 Å². The normalized spacial score (nSPS) is 15.7. The third kappa shape index (κ3) is 5.56. The van der Waals surface area contributed by atoms with Gasteiger partial charge in [-0.1, -0.05) is 43.7 Å². The minimum atomic E-state index is -0.0376. The lowest BCUT2D eigenvalue weighted by Gasteiger charge is -2.42. The van der Waals surface area contributed by atoms with E-state index in [1.165, 1.54) is 12.0 Å². The Morgan fingerprint density at radius 2 is 1.76 bits per heavy atom. The highest BCUT2D eigenvalue weighted by Gasteiger charge is 2.38. The minimum absolute atomic E-state index is 0.0126. The van der Waals surface area contributed by atoms with Crippen molar-refractivity contribution in [2.45, 2.75) is 51.5 Å². The number of benzene rings is 1. The molecule has 2 N–H and O–H groups in total. The Balaban J connectivity index is 1.83. The highest BCUT2D eigenvalue weighted by molar-refractivity contribution is 5.81. The molecule has 5 nitrogen and oxygen atoms in total. The first kappa shape index (κ1) is 19.4. The predicted octanol–water partition coefficient (Wildman–Crippen LogP) is 2.07. The smallest absolute Gasteiger partial charge is 0.234 e. The Morgan fingerprint density at radius 1 is 1.12 bits per heavy atom. The molecule has 25 heavy (non-hydrogen) atoms. The van der Waals surface area contributed by atoms with Crippen molar-refractivity contribution in [2.24, 2.45) is 0 Å². The monoisotopic (exact) mass is 345 g/mol. The first-order chi connectivity index (χ1) is 11.9. The fourth-order valence-electron chi connectivity index (χ4n) is 3.34. The third-order valence-corrected chi connectivity index (χ3v) is 4.95. The Kier molecular flexibility index (Phi) is 7.00. The number of amides is 2. The molecule has 1 aromatic rings. The molecular weight excluding hydrogens is 314 g/mol. The third-order valence-electron chi connectivity index (χ3n) is 4.95. The molecule has 1 fully saturated rings. The Hall–Kier alpha value is -1.88. The van der Waals surface area contributed by atoms with E-state index in [0.717, 1.165) is 12.8 Å². The van der Waals surface area contributed by atoms with Crippen LogP contribution in [0, 0.1) is 0 Å². The standard InChI is InChI=1S/C20H31N3O2/c1-4-23(14-19(25)22-16(2)3)13-18(24)21-15-20(11-8-12-20)17-9-6-5-7-10-17/h5-7,9-10,16H,4,8,11-15H2,1-3H3,(H,21,24)(H,22,25). The van der Waals surface area contributed by atoms with Crippen LogP contribution in [0.1, 0.15) is 45.6 Å². The number of nitrogens with one attached hydrogen (secondary N) is 2. The van der Waals surface area contributed by atoms with E-state index in [1.807, 2.05) is 31.7 Å². The van der Waals surface area contributed by atoms with E-state index >= 15 is 0 Å². The highest BCUT2D eigenvalue weighted by atomic mass is 16.2.